The third-order valence-electron chi connectivity index (χ3n) is 4.98. The summed E-state index contributed by atoms with van der Waals surface area (Å²) in [6.45, 7) is 0. The van der Waals surface area contributed by atoms with Crippen LogP contribution in [-0.4, -0.2) is 18.0 Å². The maximum Gasteiger partial charge on any atom is 0.224 e. The second-order valence-electron chi connectivity index (χ2n) is 6.58. The van der Waals surface area contributed by atoms with Gasteiger partial charge in [0.25, 0.3) is 0 Å². The lowest BCUT2D eigenvalue weighted by Crippen LogP contribution is -2.54. The SMILES string of the molecule is NC1CC2CCCC(C1)C2NC(=O)Cc1ccc(F)cc1. The van der Waals surface area contributed by atoms with Gasteiger partial charge in [-0.05, 0) is 55.2 Å². The number of hydrogen-bond acceptors (Lipinski definition) is 2. The first-order chi connectivity index (χ1) is 10.1. The van der Waals surface area contributed by atoms with Crippen LogP contribution >= 0.6 is 0 Å². The maximum absolute atomic E-state index is 12.9. The molecule has 3 rings (SSSR count). The van der Waals surface area contributed by atoms with Crippen molar-refractivity contribution in [2.45, 2.75) is 50.6 Å². The van der Waals surface area contributed by atoms with Crippen LogP contribution in [0, 0.1) is 17.7 Å². The quantitative estimate of drug-likeness (QED) is 0.898. The molecule has 2 fully saturated rings. The Balaban J connectivity index is 1.60. The van der Waals surface area contributed by atoms with Crippen LogP contribution in [0.15, 0.2) is 24.3 Å². The van der Waals surface area contributed by atoms with Gasteiger partial charge >= 0.3 is 0 Å². The Labute approximate surface area is 125 Å². The highest BCUT2D eigenvalue weighted by Gasteiger charge is 2.39. The van der Waals surface area contributed by atoms with Gasteiger partial charge in [0.2, 0.25) is 5.91 Å². The molecule has 2 saturated carbocycles. The molecule has 3 nitrogen and oxygen atoms in total. The highest BCUT2D eigenvalue weighted by atomic mass is 19.1. The van der Waals surface area contributed by atoms with Crippen molar-refractivity contribution < 1.29 is 9.18 Å². The van der Waals surface area contributed by atoms with Crippen LogP contribution in [0.5, 0.6) is 0 Å². The molecule has 0 spiro atoms. The predicted molar refractivity (Wildman–Crippen MR) is 80.1 cm³/mol. The topological polar surface area (TPSA) is 55.1 Å². The fraction of sp³-hybridized carbons (Fsp3) is 0.588. The Hall–Kier alpha value is -1.42. The number of carbonyl (C=O) groups is 1. The van der Waals surface area contributed by atoms with Gasteiger partial charge in [0.15, 0.2) is 0 Å². The Kier molecular flexibility index (Phi) is 4.24. The molecule has 2 atom stereocenters. The summed E-state index contributed by atoms with van der Waals surface area (Å²) < 4.78 is 12.9. The lowest BCUT2D eigenvalue weighted by molar-refractivity contribution is -0.122. The van der Waals surface area contributed by atoms with E-state index in [2.05, 4.69) is 5.32 Å². The van der Waals surface area contributed by atoms with E-state index in [-0.39, 0.29) is 17.8 Å². The van der Waals surface area contributed by atoms with Gasteiger partial charge in [-0.2, -0.15) is 0 Å². The maximum atomic E-state index is 12.9. The van der Waals surface area contributed by atoms with Gasteiger partial charge in [-0.15, -0.1) is 0 Å². The molecule has 3 N–H and O–H groups in total. The number of rotatable bonds is 3. The molecule has 0 aromatic heterocycles. The molecule has 2 unspecified atom stereocenters. The molecule has 0 radical (unpaired) electrons. The Bertz CT molecular complexity index is 488. The fourth-order valence-electron chi connectivity index (χ4n) is 4.05. The van der Waals surface area contributed by atoms with Crippen LogP contribution in [0.1, 0.15) is 37.7 Å². The monoisotopic (exact) mass is 290 g/mol. The van der Waals surface area contributed by atoms with Gasteiger partial charge in [0, 0.05) is 12.1 Å². The number of hydrogen-bond donors (Lipinski definition) is 2. The van der Waals surface area contributed by atoms with Crippen LogP contribution in [0.2, 0.25) is 0 Å². The van der Waals surface area contributed by atoms with E-state index in [0.717, 1.165) is 18.4 Å². The summed E-state index contributed by atoms with van der Waals surface area (Å²) in [5.41, 5.74) is 6.96. The molecule has 0 aliphatic heterocycles. The van der Waals surface area contributed by atoms with Gasteiger partial charge in [-0.1, -0.05) is 18.6 Å². The number of fused-ring (bicyclic) bond motifs is 2. The van der Waals surface area contributed by atoms with E-state index in [1.807, 2.05) is 0 Å². The van der Waals surface area contributed by atoms with Crippen LogP contribution in [0.25, 0.3) is 0 Å². The van der Waals surface area contributed by atoms with Crippen molar-refractivity contribution in [1.82, 2.24) is 5.32 Å². The highest BCUT2D eigenvalue weighted by molar-refractivity contribution is 5.78. The van der Waals surface area contributed by atoms with E-state index >= 15 is 0 Å². The van der Waals surface area contributed by atoms with Crippen molar-refractivity contribution >= 4 is 5.91 Å². The summed E-state index contributed by atoms with van der Waals surface area (Å²) >= 11 is 0. The van der Waals surface area contributed by atoms with Crippen LogP contribution in [0.4, 0.5) is 4.39 Å². The number of carbonyl (C=O) groups excluding carboxylic acids is 1. The molecule has 1 aromatic rings. The summed E-state index contributed by atoms with van der Waals surface area (Å²) in [6, 6.07) is 6.73. The fourth-order valence-corrected chi connectivity index (χ4v) is 4.05. The minimum atomic E-state index is -0.269. The Morgan fingerprint density at radius 3 is 2.43 bits per heavy atom. The van der Waals surface area contributed by atoms with Crippen molar-refractivity contribution in [3.05, 3.63) is 35.6 Å². The summed E-state index contributed by atoms with van der Waals surface area (Å²) in [6.07, 6.45) is 5.97. The van der Waals surface area contributed by atoms with Crippen LogP contribution in [0.3, 0.4) is 0 Å². The average Bonchev–Trinajstić information content (AvgIpc) is 2.42. The zero-order chi connectivity index (χ0) is 14.8. The molecule has 0 saturated heterocycles. The van der Waals surface area contributed by atoms with Gasteiger partial charge in [0.1, 0.15) is 5.82 Å². The lowest BCUT2D eigenvalue weighted by atomic mass is 9.67. The van der Waals surface area contributed by atoms with Crippen LogP contribution < -0.4 is 11.1 Å². The standard InChI is InChI=1S/C17H23FN2O/c18-14-6-4-11(5-7-14)8-16(21)20-17-12-2-1-3-13(17)10-15(19)9-12/h4-7,12-13,15,17H,1-3,8-10,19H2,(H,20,21). The molecule has 2 bridgehead atoms. The molecule has 1 amide bonds. The molecule has 2 aliphatic rings. The zero-order valence-electron chi connectivity index (χ0n) is 12.2. The van der Waals surface area contributed by atoms with E-state index in [4.69, 9.17) is 5.73 Å². The predicted octanol–water partition coefficient (Wildman–Crippen LogP) is 2.39. The molecular weight excluding hydrogens is 267 g/mol. The second-order valence-corrected chi connectivity index (χ2v) is 6.58. The molecular formula is C17H23FN2O. The molecule has 2 aliphatic carbocycles. The lowest BCUT2D eigenvalue weighted by Gasteiger charge is -2.45. The van der Waals surface area contributed by atoms with Gasteiger partial charge in [-0.25, -0.2) is 4.39 Å². The average molecular weight is 290 g/mol. The zero-order valence-corrected chi connectivity index (χ0v) is 12.2. The second kappa shape index (κ2) is 6.14. The third kappa shape index (κ3) is 3.43. The van der Waals surface area contributed by atoms with Crippen LogP contribution in [-0.2, 0) is 11.2 Å². The first-order valence-electron chi connectivity index (χ1n) is 7.91. The van der Waals surface area contributed by atoms with Crippen molar-refractivity contribution in [3.8, 4) is 0 Å². The van der Waals surface area contributed by atoms with Crippen molar-refractivity contribution in [2.24, 2.45) is 17.6 Å². The van der Waals surface area contributed by atoms with Crippen molar-refractivity contribution in [3.63, 3.8) is 0 Å². The number of amides is 1. The summed E-state index contributed by atoms with van der Waals surface area (Å²) in [5.74, 6) is 0.836. The summed E-state index contributed by atoms with van der Waals surface area (Å²) in [7, 11) is 0. The first-order valence-corrected chi connectivity index (χ1v) is 7.91. The van der Waals surface area contributed by atoms with E-state index in [9.17, 15) is 9.18 Å². The van der Waals surface area contributed by atoms with E-state index in [0.29, 0.717) is 24.3 Å². The summed E-state index contributed by atoms with van der Waals surface area (Å²) in [5, 5.41) is 3.22. The van der Waals surface area contributed by atoms with E-state index in [1.54, 1.807) is 12.1 Å². The van der Waals surface area contributed by atoms with Gasteiger partial charge in [0.05, 0.1) is 6.42 Å². The normalized spacial score (nSPS) is 31.7. The highest BCUT2D eigenvalue weighted by Crippen LogP contribution is 2.39. The molecule has 0 heterocycles. The largest absolute Gasteiger partial charge is 0.353 e. The minimum absolute atomic E-state index is 0.0407. The number of nitrogens with two attached hydrogens (primary N) is 1. The van der Waals surface area contributed by atoms with Gasteiger partial charge < -0.3 is 11.1 Å². The summed E-state index contributed by atoms with van der Waals surface area (Å²) in [4.78, 5) is 12.2. The number of benzene rings is 1. The van der Waals surface area contributed by atoms with E-state index in [1.165, 1.54) is 31.4 Å². The smallest absolute Gasteiger partial charge is 0.224 e. The molecule has 4 heteroatoms. The minimum Gasteiger partial charge on any atom is -0.353 e. The third-order valence-corrected chi connectivity index (χ3v) is 4.98. The Morgan fingerprint density at radius 2 is 1.81 bits per heavy atom. The first kappa shape index (κ1) is 14.5. The Morgan fingerprint density at radius 1 is 1.19 bits per heavy atom. The van der Waals surface area contributed by atoms with Crippen molar-refractivity contribution in [1.29, 1.82) is 0 Å². The number of halogens is 1. The van der Waals surface area contributed by atoms with Crippen molar-refractivity contribution in [2.75, 3.05) is 0 Å². The van der Waals surface area contributed by atoms with E-state index < -0.39 is 0 Å². The van der Waals surface area contributed by atoms with Gasteiger partial charge in [-0.3, -0.25) is 4.79 Å². The molecule has 21 heavy (non-hydrogen) atoms. The molecule has 1 aromatic carbocycles. The molecule has 114 valence electrons. The number of nitrogens with one attached hydrogen (secondary N) is 1.